The number of carbonyl (C=O) groups excluding carboxylic acids is 12. The fourth-order valence-electron chi connectivity index (χ4n) is 11.1. The largest absolute Gasteiger partial charge is 0.392 e. The summed E-state index contributed by atoms with van der Waals surface area (Å²) in [4.78, 5) is 186. The lowest BCUT2D eigenvalue weighted by atomic mass is 10.1. The number of amides is 12. The Bertz CT molecular complexity index is 2650. The van der Waals surface area contributed by atoms with Crippen LogP contribution < -0.4 is 5.32 Å². The zero-order chi connectivity index (χ0) is 79.5. The summed E-state index contributed by atoms with van der Waals surface area (Å²) in [5.74, 6) is -8.19. The van der Waals surface area contributed by atoms with Crippen molar-refractivity contribution in [1.82, 2.24) is 64.1 Å². The third-order valence-corrected chi connectivity index (χ3v) is 18.2. The molecule has 12 amide bonds. The third kappa shape index (κ3) is 35.3. The molecule has 32 heteroatoms. The molecule has 0 aromatic rings. The Kier molecular flexibility index (Phi) is 46.0. The zero-order valence-electron chi connectivity index (χ0n) is 65.8. The minimum atomic E-state index is -1.24. The highest BCUT2D eigenvalue weighted by Crippen LogP contribution is 2.17. The number of aliphatic hydroxyl groups is 7. The van der Waals surface area contributed by atoms with Crippen molar-refractivity contribution in [2.75, 3.05) is 131 Å². The van der Waals surface area contributed by atoms with Gasteiger partial charge in [0.25, 0.3) is 0 Å². The van der Waals surface area contributed by atoms with Gasteiger partial charge in [-0.2, -0.15) is 0 Å². The number of rotatable bonds is 51. The first kappa shape index (κ1) is 96.3. The standard InChI is InChI=1S/C71H133N13O19/c1-21-47(8)79(60(92)29-72-28-53(14)85)44-69(101)80(48(9)22-2)42-65(97)75(32-56(17)88)37-62(94)77(34-58(19)90)40-68(100)84(52(13)26-6)46-71(103)82(50(11)24-4)43-66(98)76(33-57(18)89)38-63(95)78(35-59(20)91)39-67(99)83(51(12)25-5)45-70(102)81(49(10)23-3)41-64(96)74(31-55(16)87)36-61(93)73(27-7)30-54(15)86/h47-59,72,85-91H,21-46H2,1-20H3. The molecule has 0 aliphatic rings. The fourth-order valence-corrected chi connectivity index (χ4v) is 11.1. The fraction of sp³-hybridized carbons (Fsp3) is 0.831. The molecule has 0 fully saturated rings. The number of likely N-dealkylation sites (N-methyl/N-ethyl adjacent to an activating group) is 1. The molecule has 13 unspecified atom stereocenters. The molecule has 13 atom stereocenters. The SMILES string of the molecule is CCC(C)N(CC(=O)N(CC(=O)N(CC(=O)N(CC(=O)N(CC(=O)N(CC(=O)N(CC(=O)N(CC(=O)N(CC(=O)N(CC(=O)N(CC)CC(C)O)CC(C)O)C(C)CC)C(C)CC)CC(C)O)CC(C)O)C(C)CC)C(C)CC)CC(C)O)CC(C)O)C(=O)CN(C(=O)CNCC(C)O)C(C)CC. The Balaban J connectivity index is 7.12. The van der Waals surface area contributed by atoms with Crippen LogP contribution in [0, 0.1) is 0 Å². The second kappa shape index (κ2) is 49.2. The van der Waals surface area contributed by atoms with Crippen LogP contribution in [-0.4, -0.2) is 375 Å². The van der Waals surface area contributed by atoms with Crippen molar-refractivity contribution in [2.45, 2.75) is 256 Å². The number of carbonyl (C=O) groups is 12. The summed E-state index contributed by atoms with van der Waals surface area (Å²) in [7, 11) is 0. The first-order chi connectivity index (χ1) is 48.0. The van der Waals surface area contributed by atoms with Crippen LogP contribution >= 0.6 is 0 Å². The Hall–Kier alpha value is -6.68. The molecule has 0 aromatic heterocycles. The van der Waals surface area contributed by atoms with E-state index in [2.05, 4.69) is 5.32 Å². The van der Waals surface area contributed by atoms with E-state index >= 15 is 0 Å². The molecule has 32 nitrogen and oxygen atoms in total. The van der Waals surface area contributed by atoms with Gasteiger partial charge in [0.2, 0.25) is 70.9 Å². The van der Waals surface area contributed by atoms with Crippen LogP contribution in [0.1, 0.15) is 177 Å². The summed E-state index contributed by atoms with van der Waals surface area (Å²) in [6.45, 7) is 24.4. The zero-order valence-corrected chi connectivity index (χ0v) is 65.8. The molecule has 0 heterocycles. The lowest BCUT2D eigenvalue weighted by molar-refractivity contribution is -0.152. The maximum atomic E-state index is 14.7. The molecule has 0 saturated heterocycles. The summed E-state index contributed by atoms with van der Waals surface area (Å²) in [6.07, 6.45) is -5.26. The number of hydrogen-bond donors (Lipinski definition) is 8. The predicted octanol–water partition coefficient (Wildman–Crippen LogP) is -1.00. The van der Waals surface area contributed by atoms with Gasteiger partial charge in [0.1, 0.15) is 39.3 Å². The highest BCUT2D eigenvalue weighted by Gasteiger charge is 2.37. The minimum absolute atomic E-state index is 0.00533. The second-order valence-corrected chi connectivity index (χ2v) is 28.1. The van der Waals surface area contributed by atoms with Gasteiger partial charge in [-0.3, -0.25) is 57.5 Å². The Morgan fingerprint density at radius 3 is 0.592 bits per heavy atom. The van der Waals surface area contributed by atoms with Gasteiger partial charge >= 0.3 is 0 Å². The minimum Gasteiger partial charge on any atom is -0.392 e. The topological polar surface area (TPSA) is 397 Å². The molecule has 0 radical (unpaired) electrons. The van der Waals surface area contributed by atoms with Crippen molar-refractivity contribution >= 4 is 70.9 Å². The summed E-state index contributed by atoms with van der Waals surface area (Å²) in [5.41, 5.74) is 0. The van der Waals surface area contributed by atoms with Gasteiger partial charge in [-0.05, 0) is 135 Å². The summed E-state index contributed by atoms with van der Waals surface area (Å²) >= 11 is 0. The maximum Gasteiger partial charge on any atom is 0.242 e. The van der Waals surface area contributed by atoms with E-state index in [1.165, 1.54) is 75.8 Å². The first-order valence-corrected chi connectivity index (χ1v) is 36.9. The van der Waals surface area contributed by atoms with E-state index in [0.717, 1.165) is 24.5 Å². The van der Waals surface area contributed by atoms with Gasteiger partial charge in [-0.15, -0.1) is 0 Å². The predicted molar refractivity (Wildman–Crippen MR) is 389 cm³/mol. The normalized spacial score (nSPS) is 15.2. The van der Waals surface area contributed by atoms with Crippen molar-refractivity contribution in [1.29, 1.82) is 0 Å². The number of nitrogens with one attached hydrogen (secondary N) is 1. The van der Waals surface area contributed by atoms with Gasteiger partial charge in [0.05, 0.1) is 82.0 Å². The smallest absolute Gasteiger partial charge is 0.242 e. The molecular weight excluding hydrogens is 1340 g/mol. The summed E-state index contributed by atoms with van der Waals surface area (Å²) in [5, 5.41) is 75.8. The molecule has 8 N–H and O–H groups in total. The molecule has 0 saturated carbocycles. The van der Waals surface area contributed by atoms with E-state index in [0.29, 0.717) is 38.5 Å². The van der Waals surface area contributed by atoms with E-state index in [1.807, 2.05) is 6.92 Å². The van der Waals surface area contributed by atoms with Crippen LogP contribution in [0.2, 0.25) is 0 Å². The van der Waals surface area contributed by atoms with Crippen LogP contribution in [0.25, 0.3) is 0 Å². The van der Waals surface area contributed by atoms with Gasteiger partial charge in [0, 0.05) is 88.6 Å². The van der Waals surface area contributed by atoms with Crippen molar-refractivity contribution in [3.63, 3.8) is 0 Å². The van der Waals surface area contributed by atoms with Gasteiger partial charge in [-0.1, -0.05) is 41.5 Å². The number of aliphatic hydroxyl groups excluding tert-OH is 7. The number of hydrogen-bond acceptors (Lipinski definition) is 20. The van der Waals surface area contributed by atoms with E-state index in [9.17, 15) is 93.3 Å². The number of nitrogens with zero attached hydrogens (tertiary/aromatic N) is 12. The van der Waals surface area contributed by atoms with Crippen molar-refractivity contribution in [3.05, 3.63) is 0 Å². The summed E-state index contributed by atoms with van der Waals surface area (Å²) < 4.78 is 0. The van der Waals surface area contributed by atoms with E-state index < -0.39 is 229 Å². The lowest BCUT2D eigenvalue weighted by Crippen LogP contribution is -2.56. The molecular formula is C71H133N13O19. The van der Waals surface area contributed by atoms with Gasteiger partial charge < -0.3 is 99.9 Å². The third-order valence-electron chi connectivity index (χ3n) is 18.2. The van der Waals surface area contributed by atoms with Crippen LogP contribution in [-0.2, 0) is 57.5 Å². The van der Waals surface area contributed by atoms with Crippen molar-refractivity contribution in [3.8, 4) is 0 Å². The average Bonchev–Trinajstić information content (AvgIpc) is 0.849. The van der Waals surface area contributed by atoms with Crippen LogP contribution in [0.3, 0.4) is 0 Å². The molecule has 0 bridgehead atoms. The first-order valence-electron chi connectivity index (χ1n) is 36.9. The van der Waals surface area contributed by atoms with Gasteiger partial charge in [0.15, 0.2) is 0 Å². The summed E-state index contributed by atoms with van der Waals surface area (Å²) in [6, 6.07) is -3.42. The Labute approximate surface area is 612 Å². The highest BCUT2D eigenvalue weighted by atomic mass is 16.3. The Morgan fingerprint density at radius 2 is 0.398 bits per heavy atom. The quantitative estimate of drug-likeness (QED) is 0.0362. The Morgan fingerprint density at radius 1 is 0.233 bits per heavy atom. The molecule has 0 rings (SSSR count). The monoisotopic (exact) mass is 1470 g/mol. The lowest BCUT2D eigenvalue weighted by Gasteiger charge is -2.37. The van der Waals surface area contributed by atoms with E-state index in [-0.39, 0.29) is 51.9 Å². The molecule has 0 aliphatic heterocycles. The molecule has 103 heavy (non-hydrogen) atoms. The molecule has 0 aromatic carbocycles. The molecule has 596 valence electrons. The van der Waals surface area contributed by atoms with Gasteiger partial charge in [-0.25, -0.2) is 0 Å². The average molecular weight is 1470 g/mol. The van der Waals surface area contributed by atoms with E-state index in [4.69, 9.17) is 0 Å². The molecule has 0 aliphatic carbocycles. The maximum absolute atomic E-state index is 14.7. The van der Waals surface area contributed by atoms with Crippen LogP contribution in [0.4, 0.5) is 0 Å². The van der Waals surface area contributed by atoms with Crippen molar-refractivity contribution in [2.24, 2.45) is 0 Å². The second-order valence-electron chi connectivity index (χ2n) is 28.1. The van der Waals surface area contributed by atoms with Crippen LogP contribution in [0.5, 0.6) is 0 Å². The van der Waals surface area contributed by atoms with Crippen molar-refractivity contribution < 1.29 is 93.3 Å². The molecule has 0 spiro atoms. The van der Waals surface area contributed by atoms with E-state index in [1.54, 1.807) is 90.0 Å². The highest BCUT2D eigenvalue weighted by molar-refractivity contribution is 5.95. The van der Waals surface area contributed by atoms with Crippen LogP contribution in [0.15, 0.2) is 0 Å².